The van der Waals surface area contributed by atoms with E-state index in [1.165, 1.54) is 10.5 Å². The lowest BCUT2D eigenvalue weighted by molar-refractivity contribution is 0.0953. The fourth-order valence-corrected chi connectivity index (χ4v) is 3.30. The Morgan fingerprint density at radius 1 is 1.28 bits per heavy atom. The van der Waals surface area contributed by atoms with Crippen LogP contribution in [0.2, 0.25) is 0 Å². The summed E-state index contributed by atoms with van der Waals surface area (Å²) in [6.07, 6.45) is 5.07. The maximum absolute atomic E-state index is 13.2. The van der Waals surface area contributed by atoms with Gasteiger partial charge in [-0.2, -0.15) is 0 Å². The van der Waals surface area contributed by atoms with Crippen LogP contribution in [0.25, 0.3) is 16.7 Å². The van der Waals surface area contributed by atoms with Crippen molar-refractivity contribution in [1.82, 2.24) is 24.3 Å². The molecule has 0 aliphatic carbocycles. The molecule has 0 aliphatic heterocycles. The molecule has 4 aromatic rings. The summed E-state index contributed by atoms with van der Waals surface area (Å²) in [6, 6.07) is 8.79. The molecule has 8 heteroatoms. The lowest BCUT2D eigenvalue weighted by Gasteiger charge is -2.14. The fourth-order valence-electron chi connectivity index (χ4n) is 3.30. The van der Waals surface area contributed by atoms with Crippen LogP contribution in [0.3, 0.4) is 0 Å². The number of nitrogens with zero attached hydrogens (tertiary/aromatic N) is 4. The van der Waals surface area contributed by atoms with Crippen LogP contribution in [-0.4, -0.2) is 31.4 Å². The van der Waals surface area contributed by atoms with E-state index in [4.69, 9.17) is 5.41 Å². The lowest BCUT2D eigenvalue weighted by Crippen LogP contribution is -2.35. The third-order valence-electron chi connectivity index (χ3n) is 4.70. The van der Waals surface area contributed by atoms with Gasteiger partial charge in [0.1, 0.15) is 16.8 Å². The zero-order valence-electron chi connectivity index (χ0n) is 16.1. The quantitative estimate of drug-likeness (QED) is 0.518. The van der Waals surface area contributed by atoms with E-state index in [1.807, 2.05) is 19.1 Å². The number of amides is 1. The average Bonchev–Trinajstić information content (AvgIpc) is 2.72. The standard InChI is InChI=1S/C21H20N6O2/c1-3-24-20(28)15-9-16-19(25-17-7-6-13(2)11-26(17)21(16)29)27(18(15)22)12-14-5-4-8-23-10-14/h4-11,22H,3,12H2,1-2H3,(H,24,28). The second-order valence-electron chi connectivity index (χ2n) is 6.80. The second-order valence-corrected chi connectivity index (χ2v) is 6.80. The van der Waals surface area contributed by atoms with E-state index in [0.29, 0.717) is 17.8 Å². The molecular weight excluding hydrogens is 368 g/mol. The molecule has 29 heavy (non-hydrogen) atoms. The molecule has 2 N–H and O–H groups in total. The topological polar surface area (TPSA) is 105 Å². The van der Waals surface area contributed by atoms with Crippen molar-refractivity contribution in [2.75, 3.05) is 6.54 Å². The van der Waals surface area contributed by atoms with Crippen LogP contribution in [-0.2, 0) is 6.54 Å². The van der Waals surface area contributed by atoms with Gasteiger partial charge in [0, 0.05) is 25.1 Å². The van der Waals surface area contributed by atoms with Gasteiger partial charge in [-0.3, -0.25) is 24.4 Å². The second kappa shape index (κ2) is 7.31. The molecule has 4 aromatic heterocycles. The highest BCUT2D eigenvalue weighted by molar-refractivity contribution is 5.96. The highest BCUT2D eigenvalue weighted by Gasteiger charge is 2.17. The van der Waals surface area contributed by atoms with Crippen LogP contribution in [0.15, 0.2) is 53.7 Å². The first kappa shape index (κ1) is 18.5. The molecular formula is C21H20N6O2. The van der Waals surface area contributed by atoms with E-state index in [0.717, 1.165) is 11.1 Å². The van der Waals surface area contributed by atoms with Crippen molar-refractivity contribution >= 4 is 22.6 Å². The molecule has 1 amide bonds. The zero-order chi connectivity index (χ0) is 20.5. The minimum Gasteiger partial charge on any atom is -0.352 e. The third kappa shape index (κ3) is 3.29. The van der Waals surface area contributed by atoms with Crippen molar-refractivity contribution in [3.63, 3.8) is 0 Å². The maximum Gasteiger partial charge on any atom is 0.267 e. The molecule has 4 rings (SSSR count). The predicted molar refractivity (Wildman–Crippen MR) is 109 cm³/mol. The molecule has 8 nitrogen and oxygen atoms in total. The summed E-state index contributed by atoms with van der Waals surface area (Å²) < 4.78 is 3.05. The third-order valence-corrected chi connectivity index (χ3v) is 4.70. The van der Waals surface area contributed by atoms with Gasteiger partial charge in [-0.25, -0.2) is 4.98 Å². The molecule has 0 unspecified atom stereocenters. The van der Waals surface area contributed by atoms with Crippen molar-refractivity contribution in [2.24, 2.45) is 0 Å². The molecule has 0 bridgehead atoms. The number of aromatic nitrogens is 4. The Morgan fingerprint density at radius 2 is 2.10 bits per heavy atom. The zero-order valence-corrected chi connectivity index (χ0v) is 16.1. The van der Waals surface area contributed by atoms with Crippen LogP contribution < -0.4 is 16.4 Å². The van der Waals surface area contributed by atoms with Crippen molar-refractivity contribution in [3.8, 4) is 0 Å². The molecule has 4 heterocycles. The Morgan fingerprint density at radius 3 is 2.83 bits per heavy atom. The van der Waals surface area contributed by atoms with Crippen LogP contribution >= 0.6 is 0 Å². The first-order valence-corrected chi connectivity index (χ1v) is 9.28. The summed E-state index contributed by atoms with van der Waals surface area (Å²) in [4.78, 5) is 34.5. The summed E-state index contributed by atoms with van der Waals surface area (Å²) in [5.74, 6) is -0.395. The minimum absolute atomic E-state index is 0.00401. The van der Waals surface area contributed by atoms with Crippen LogP contribution in [0.1, 0.15) is 28.4 Å². The first-order chi connectivity index (χ1) is 14.0. The van der Waals surface area contributed by atoms with Gasteiger partial charge in [-0.1, -0.05) is 12.1 Å². The molecule has 0 saturated heterocycles. The van der Waals surface area contributed by atoms with E-state index in [1.54, 1.807) is 42.2 Å². The normalized spacial score (nSPS) is 11.1. The number of nitrogens with one attached hydrogen (secondary N) is 2. The Bertz CT molecular complexity index is 1360. The van der Waals surface area contributed by atoms with E-state index < -0.39 is 5.91 Å². The Labute approximate surface area is 166 Å². The summed E-state index contributed by atoms with van der Waals surface area (Å²) in [6.45, 7) is 4.39. The van der Waals surface area contributed by atoms with Gasteiger partial charge in [-0.05, 0) is 43.2 Å². The molecule has 146 valence electrons. The van der Waals surface area contributed by atoms with Crippen molar-refractivity contribution in [3.05, 3.63) is 81.5 Å². The number of rotatable bonds is 4. The smallest absolute Gasteiger partial charge is 0.267 e. The van der Waals surface area contributed by atoms with Gasteiger partial charge in [0.25, 0.3) is 11.5 Å². The maximum atomic E-state index is 13.2. The Balaban J connectivity index is 2.09. The van der Waals surface area contributed by atoms with Crippen LogP contribution in [0.5, 0.6) is 0 Å². The van der Waals surface area contributed by atoms with Crippen molar-refractivity contribution in [1.29, 1.82) is 5.41 Å². The van der Waals surface area contributed by atoms with E-state index in [9.17, 15) is 9.59 Å². The highest BCUT2D eigenvalue weighted by atomic mass is 16.1. The number of aryl methyl sites for hydroxylation is 1. The predicted octanol–water partition coefficient (Wildman–Crippen LogP) is 1.63. The highest BCUT2D eigenvalue weighted by Crippen LogP contribution is 2.13. The largest absolute Gasteiger partial charge is 0.352 e. The van der Waals surface area contributed by atoms with Gasteiger partial charge in [0.15, 0.2) is 0 Å². The number of carbonyl (C=O) groups is 1. The summed E-state index contributed by atoms with van der Waals surface area (Å²) >= 11 is 0. The van der Waals surface area contributed by atoms with E-state index >= 15 is 0 Å². The monoisotopic (exact) mass is 388 g/mol. The molecule has 0 fully saturated rings. The van der Waals surface area contributed by atoms with Gasteiger partial charge in [0.05, 0.1) is 17.5 Å². The number of hydrogen-bond acceptors (Lipinski definition) is 5. The van der Waals surface area contributed by atoms with Gasteiger partial charge < -0.3 is 9.88 Å². The summed E-state index contributed by atoms with van der Waals surface area (Å²) in [5.41, 5.74) is 2.46. The summed E-state index contributed by atoms with van der Waals surface area (Å²) in [5, 5.41) is 11.6. The van der Waals surface area contributed by atoms with Gasteiger partial charge in [0.2, 0.25) is 0 Å². The molecule has 0 atom stereocenters. The molecule has 0 spiro atoms. The Hall–Kier alpha value is -3.81. The SMILES string of the molecule is CCNC(=O)c1cc2c(=O)n3cc(C)ccc3nc2n(Cc2cccnc2)c1=N. The molecule has 0 aliphatic rings. The first-order valence-electron chi connectivity index (χ1n) is 9.28. The van der Waals surface area contributed by atoms with Gasteiger partial charge in [-0.15, -0.1) is 0 Å². The fraction of sp³-hybridized carbons (Fsp3) is 0.190. The van der Waals surface area contributed by atoms with Crippen molar-refractivity contribution in [2.45, 2.75) is 20.4 Å². The number of hydrogen-bond donors (Lipinski definition) is 2. The minimum atomic E-state index is -0.395. The summed E-state index contributed by atoms with van der Waals surface area (Å²) in [7, 11) is 0. The molecule has 0 saturated carbocycles. The Kier molecular flexibility index (Phi) is 4.67. The number of fused-ring (bicyclic) bond motifs is 2. The van der Waals surface area contributed by atoms with Crippen LogP contribution in [0, 0.1) is 12.3 Å². The number of carbonyl (C=O) groups excluding carboxylic acids is 1. The lowest BCUT2D eigenvalue weighted by atomic mass is 10.1. The van der Waals surface area contributed by atoms with E-state index in [2.05, 4.69) is 15.3 Å². The van der Waals surface area contributed by atoms with E-state index in [-0.39, 0.29) is 28.5 Å². The number of pyridine rings is 3. The van der Waals surface area contributed by atoms with Gasteiger partial charge >= 0.3 is 0 Å². The molecule has 0 radical (unpaired) electrons. The average molecular weight is 388 g/mol. The molecule has 0 aromatic carbocycles. The van der Waals surface area contributed by atoms with Crippen molar-refractivity contribution < 1.29 is 4.79 Å². The van der Waals surface area contributed by atoms with Crippen LogP contribution in [0.4, 0.5) is 0 Å².